The molecule has 0 radical (unpaired) electrons. The van der Waals surface area contributed by atoms with Gasteiger partial charge in [0.15, 0.2) is 0 Å². The van der Waals surface area contributed by atoms with Crippen molar-refractivity contribution < 1.29 is 9.59 Å². The van der Waals surface area contributed by atoms with Gasteiger partial charge in [-0.15, -0.1) is 0 Å². The Morgan fingerprint density at radius 3 is 2.88 bits per heavy atom. The molecule has 0 unspecified atom stereocenters. The van der Waals surface area contributed by atoms with Crippen LogP contribution in [0.5, 0.6) is 0 Å². The first-order valence-corrected chi connectivity index (χ1v) is 5.43. The van der Waals surface area contributed by atoms with Crippen molar-refractivity contribution in [3.05, 3.63) is 30.0 Å². The highest BCUT2D eigenvalue weighted by Gasteiger charge is 2.09. The molecule has 0 saturated carbocycles. The van der Waals surface area contributed by atoms with Crippen molar-refractivity contribution >= 4 is 28.8 Å². The van der Waals surface area contributed by atoms with Gasteiger partial charge < -0.3 is 14.7 Å². The summed E-state index contributed by atoms with van der Waals surface area (Å²) in [6.07, 6.45) is 0.873. The fraction of sp³-hybridized carbons (Fsp3) is 0.231. The van der Waals surface area contributed by atoms with Gasteiger partial charge in [-0.3, -0.25) is 4.79 Å². The van der Waals surface area contributed by atoms with E-state index in [0.717, 1.165) is 28.6 Å². The van der Waals surface area contributed by atoms with Crippen molar-refractivity contribution in [2.45, 2.75) is 20.4 Å². The summed E-state index contributed by atoms with van der Waals surface area (Å²) in [5.41, 5.74) is 2.74. The minimum Gasteiger partial charge on any atom is -0.338 e. The van der Waals surface area contributed by atoms with Gasteiger partial charge >= 0.3 is 0 Å². The summed E-state index contributed by atoms with van der Waals surface area (Å²) in [7, 11) is 0. The molecule has 0 saturated heterocycles. The lowest BCUT2D eigenvalue weighted by Gasteiger charge is -2.05. The molecular weight excluding hydrogens is 216 g/mol. The van der Waals surface area contributed by atoms with E-state index >= 15 is 0 Å². The molecule has 1 N–H and O–H groups in total. The molecule has 1 amide bonds. The molecule has 0 fully saturated rings. The maximum absolute atomic E-state index is 11.1. The van der Waals surface area contributed by atoms with Crippen LogP contribution in [-0.4, -0.2) is 16.8 Å². The van der Waals surface area contributed by atoms with E-state index in [4.69, 9.17) is 0 Å². The molecule has 0 bridgehead atoms. The standard InChI is InChI=1S/C13H14N2O2/c1-9-8-11-12(14-10(2)17)4-3-5-13(11)15(9)6-7-16/h3-5,7-8H,6H2,1-2H3,(H,14,17). The highest BCUT2D eigenvalue weighted by molar-refractivity contribution is 6.01. The maximum atomic E-state index is 11.1. The fourth-order valence-corrected chi connectivity index (χ4v) is 2.03. The van der Waals surface area contributed by atoms with Crippen LogP contribution in [0.4, 0.5) is 5.69 Å². The third-order valence-electron chi connectivity index (χ3n) is 2.72. The molecule has 2 rings (SSSR count). The van der Waals surface area contributed by atoms with E-state index in [1.165, 1.54) is 6.92 Å². The highest BCUT2D eigenvalue weighted by atomic mass is 16.1. The fourth-order valence-electron chi connectivity index (χ4n) is 2.03. The number of hydrogen-bond acceptors (Lipinski definition) is 2. The Morgan fingerprint density at radius 1 is 1.47 bits per heavy atom. The van der Waals surface area contributed by atoms with Crippen molar-refractivity contribution in [3.63, 3.8) is 0 Å². The Kier molecular flexibility index (Phi) is 2.95. The minimum absolute atomic E-state index is 0.0988. The highest BCUT2D eigenvalue weighted by Crippen LogP contribution is 2.26. The van der Waals surface area contributed by atoms with E-state index in [9.17, 15) is 9.59 Å². The number of nitrogens with zero attached hydrogens (tertiary/aromatic N) is 1. The second-order valence-electron chi connectivity index (χ2n) is 3.98. The van der Waals surface area contributed by atoms with Gasteiger partial charge in [-0.25, -0.2) is 0 Å². The Balaban J connectivity index is 2.61. The number of aromatic nitrogens is 1. The quantitative estimate of drug-likeness (QED) is 0.821. The molecule has 88 valence electrons. The van der Waals surface area contributed by atoms with Gasteiger partial charge in [0.2, 0.25) is 5.91 Å². The zero-order valence-electron chi connectivity index (χ0n) is 9.86. The zero-order chi connectivity index (χ0) is 12.4. The van der Waals surface area contributed by atoms with Gasteiger partial charge in [0.1, 0.15) is 6.29 Å². The lowest BCUT2D eigenvalue weighted by atomic mass is 10.2. The molecule has 0 spiro atoms. The number of rotatable bonds is 3. The molecule has 4 nitrogen and oxygen atoms in total. The smallest absolute Gasteiger partial charge is 0.221 e. The summed E-state index contributed by atoms with van der Waals surface area (Å²) < 4.78 is 1.92. The molecule has 0 aliphatic heterocycles. The minimum atomic E-state index is -0.0988. The second kappa shape index (κ2) is 4.41. The van der Waals surface area contributed by atoms with Crippen LogP contribution < -0.4 is 5.32 Å². The van der Waals surface area contributed by atoms with Gasteiger partial charge in [-0.2, -0.15) is 0 Å². The van der Waals surface area contributed by atoms with Crippen LogP contribution >= 0.6 is 0 Å². The average Bonchev–Trinajstić information content (AvgIpc) is 2.57. The molecule has 1 aromatic carbocycles. The molecule has 2 aromatic rings. The Hall–Kier alpha value is -2.10. The summed E-state index contributed by atoms with van der Waals surface area (Å²) >= 11 is 0. The number of fused-ring (bicyclic) bond motifs is 1. The number of hydrogen-bond donors (Lipinski definition) is 1. The van der Waals surface area contributed by atoms with Crippen LogP contribution in [0, 0.1) is 6.92 Å². The predicted molar refractivity (Wildman–Crippen MR) is 67.0 cm³/mol. The van der Waals surface area contributed by atoms with Gasteiger partial charge in [-0.05, 0) is 25.1 Å². The topological polar surface area (TPSA) is 51.1 Å². The SMILES string of the molecule is CC(=O)Nc1cccc2c1cc(C)n2CC=O. The van der Waals surface area contributed by atoms with E-state index in [-0.39, 0.29) is 5.91 Å². The van der Waals surface area contributed by atoms with E-state index in [2.05, 4.69) is 5.32 Å². The summed E-state index contributed by atoms with van der Waals surface area (Å²) in [5.74, 6) is -0.0988. The van der Waals surface area contributed by atoms with Crippen molar-refractivity contribution in [3.8, 4) is 0 Å². The van der Waals surface area contributed by atoms with E-state index in [1.54, 1.807) is 0 Å². The number of benzene rings is 1. The number of amides is 1. The van der Waals surface area contributed by atoms with Crippen LogP contribution in [0.25, 0.3) is 10.9 Å². The molecular formula is C13H14N2O2. The van der Waals surface area contributed by atoms with Crippen LogP contribution in [0.1, 0.15) is 12.6 Å². The van der Waals surface area contributed by atoms with Crippen molar-refractivity contribution in [2.75, 3.05) is 5.32 Å². The van der Waals surface area contributed by atoms with Gasteiger partial charge in [0.25, 0.3) is 0 Å². The molecule has 1 aromatic heterocycles. The van der Waals surface area contributed by atoms with Crippen LogP contribution in [-0.2, 0) is 16.1 Å². The first kappa shape index (κ1) is 11.4. The molecule has 17 heavy (non-hydrogen) atoms. The van der Waals surface area contributed by atoms with Crippen molar-refractivity contribution in [1.29, 1.82) is 0 Å². The lowest BCUT2D eigenvalue weighted by Crippen LogP contribution is -2.06. The molecule has 0 aliphatic carbocycles. The van der Waals surface area contributed by atoms with Crippen LogP contribution in [0.2, 0.25) is 0 Å². The van der Waals surface area contributed by atoms with Gasteiger partial charge in [0.05, 0.1) is 17.7 Å². The van der Waals surface area contributed by atoms with Crippen molar-refractivity contribution in [2.24, 2.45) is 0 Å². The van der Waals surface area contributed by atoms with Crippen LogP contribution in [0.15, 0.2) is 24.3 Å². The predicted octanol–water partition coefficient (Wildman–Crippen LogP) is 2.11. The van der Waals surface area contributed by atoms with Crippen molar-refractivity contribution in [1.82, 2.24) is 4.57 Å². The zero-order valence-corrected chi connectivity index (χ0v) is 9.86. The molecule has 0 aliphatic rings. The van der Waals surface area contributed by atoms with E-state index in [1.807, 2.05) is 35.8 Å². The largest absolute Gasteiger partial charge is 0.338 e. The van der Waals surface area contributed by atoms with Gasteiger partial charge in [0, 0.05) is 18.0 Å². The summed E-state index contributed by atoms with van der Waals surface area (Å²) in [4.78, 5) is 21.7. The third-order valence-corrected chi connectivity index (χ3v) is 2.72. The monoisotopic (exact) mass is 230 g/mol. The first-order valence-electron chi connectivity index (χ1n) is 5.43. The van der Waals surface area contributed by atoms with E-state index in [0.29, 0.717) is 6.54 Å². The number of anilines is 1. The number of aryl methyl sites for hydroxylation is 1. The number of carbonyl (C=O) groups is 2. The van der Waals surface area contributed by atoms with Gasteiger partial charge in [-0.1, -0.05) is 6.07 Å². The Morgan fingerprint density at radius 2 is 2.24 bits per heavy atom. The molecule has 1 heterocycles. The molecule has 0 atom stereocenters. The number of carbonyl (C=O) groups excluding carboxylic acids is 2. The first-order chi connectivity index (χ1) is 8.13. The van der Waals surface area contributed by atoms with E-state index < -0.39 is 0 Å². The Labute approximate surface area is 99.2 Å². The summed E-state index contributed by atoms with van der Waals surface area (Å²) in [6, 6.07) is 7.64. The van der Waals surface area contributed by atoms with Crippen LogP contribution in [0.3, 0.4) is 0 Å². The number of nitrogens with one attached hydrogen (secondary N) is 1. The summed E-state index contributed by atoms with van der Waals surface area (Å²) in [5, 5.41) is 3.75. The molecule has 4 heteroatoms. The second-order valence-corrected chi connectivity index (χ2v) is 3.98. The number of aldehydes is 1. The summed E-state index contributed by atoms with van der Waals surface area (Å²) in [6.45, 7) is 3.76. The lowest BCUT2D eigenvalue weighted by molar-refractivity contribution is -0.114. The average molecular weight is 230 g/mol. The Bertz CT molecular complexity index is 584. The normalized spacial score (nSPS) is 10.5. The third kappa shape index (κ3) is 2.06. The maximum Gasteiger partial charge on any atom is 0.221 e.